The average molecular weight is 470 g/mol. The Morgan fingerprint density at radius 3 is 2.47 bits per heavy atom. The van der Waals surface area contributed by atoms with E-state index in [9.17, 15) is 5.26 Å². The maximum Gasteiger partial charge on any atom is 0.155 e. The zero-order valence-corrected chi connectivity index (χ0v) is 20.0. The first kappa shape index (κ1) is 23.8. The van der Waals surface area contributed by atoms with Crippen LogP contribution in [0.1, 0.15) is 55.1 Å². The Balaban J connectivity index is 1.87. The van der Waals surface area contributed by atoms with Crippen molar-refractivity contribution in [1.82, 2.24) is 9.97 Å². The lowest BCUT2D eigenvalue weighted by Gasteiger charge is -2.28. The number of ether oxygens (including phenoxy) is 2. The first-order valence-electron chi connectivity index (χ1n) is 10.3. The van der Waals surface area contributed by atoms with Crippen molar-refractivity contribution < 1.29 is 9.47 Å². The van der Waals surface area contributed by atoms with Crippen molar-refractivity contribution in [2.75, 3.05) is 12.5 Å². The van der Waals surface area contributed by atoms with E-state index in [-0.39, 0.29) is 12.7 Å². The minimum absolute atomic E-state index is 0.210. The molecule has 166 valence electrons. The number of aryl methyl sites for hydroxylation is 1. The number of alkyl halides is 1. The first-order valence-corrected chi connectivity index (χ1v) is 11.2. The van der Waals surface area contributed by atoms with Gasteiger partial charge in [-0.05, 0) is 49.2 Å². The van der Waals surface area contributed by atoms with Crippen LogP contribution in [0.2, 0.25) is 5.02 Å². The summed E-state index contributed by atoms with van der Waals surface area (Å²) < 4.78 is 11.7. The van der Waals surface area contributed by atoms with Crippen LogP contribution in [0.5, 0.6) is 11.5 Å². The molecule has 2 aromatic carbocycles. The van der Waals surface area contributed by atoms with E-state index >= 15 is 0 Å². The van der Waals surface area contributed by atoms with Crippen LogP contribution >= 0.6 is 23.2 Å². The number of hydrogen-bond acceptors (Lipinski definition) is 5. The van der Waals surface area contributed by atoms with Crippen LogP contribution in [-0.4, -0.2) is 22.5 Å². The molecule has 0 bridgehead atoms. The van der Waals surface area contributed by atoms with Gasteiger partial charge in [0.15, 0.2) is 5.75 Å². The third-order valence-corrected chi connectivity index (χ3v) is 5.77. The molecule has 0 aliphatic carbocycles. The summed E-state index contributed by atoms with van der Waals surface area (Å²) >= 11 is 12.0. The lowest BCUT2D eigenvalue weighted by Crippen LogP contribution is -2.21. The van der Waals surface area contributed by atoms with Crippen LogP contribution in [-0.2, 0) is 5.41 Å². The monoisotopic (exact) mass is 469 g/mol. The summed E-state index contributed by atoms with van der Waals surface area (Å²) in [5.41, 5.74) is 2.62. The van der Waals surface area contributed by atoms with Crippen LogP contribution in [0.25, 0.3) is 0 Å². The summed E-state index contributed by atoms with van der Waals surface area (Å²) in [7, 11) is 0. The van der Waals surface area contributed by atoms with E-state index in [0.29, 0.717) is 28.0 Å². The fourth-order valence-corrected chi connectivity index (χ4v) is 3.83. The minimum Gasteiger partial charge on any atom is -0.489 e. The van der Waals surface area contributed by atoms with Gasteiger partial charge >= 0.3 is 0 Å². The molecule has 0 saturated carbocycles. The predicted molar refractivity (Wildman–Crippen MR) is 127 cm³/mol. The summed E-state index contributed by atoms with van der Waals surface area (Å²) in [5, 5.41) is 10.2. The van der Waals surface area contributed by atoms with Crippen LogP contribution < -0.4 is 9.47 Å². The Bertz CT molecular complexity index is 1130. The summed E-state index contributed by atoms with van der Waals surface area (Å²) in [6.45, 7) is 8.20. The Kier molecular flexibility index (Phi) is 7.60. The van der Waals surface area contributed by atoms with E-state index in [1.165, 1.54) is 0 Å². The Morgan fingerprint density at radius 1 is 1.12 bits per heavy atom. The third-order valence-electron chi connectivity index (χ3n) is 5.32. The second-order valence-electron chi connectivity index (χ2n) is 7.89. The summed E-state index contributed by atoms with van der Waals surface area (Å²) in [6, 6.07) is 15.6. The van der Waals surface area contributed by atoms with Gasteiger partial charge in [0, 0.05) is 11.6 Å². The maximum atomic E-state index is 9.85. The predicted octanol–water partition coefficient (Wildman–Crippen LogP) is 6.39. The lowest BCUT2D eigenvalue weighted by molar-refractivity contribution is 0.221. The molecule has 0 radical (unpaired) electrons. The third kappa shape index (κ3) is 5.15. The van der Waals surface area contributed by atoms with Crippen molar-refractivity contribution in [3.63, 3.8) is 0 Å². The molecule has 1 atom stereocenters. The van der Waals surface area contributed by atoms with E-state index in [1.807, 2.05) is 50.2 Å². The van der Waals surface area contributed by atoms with E-state index in [1.54, 1.807) is 12.3 Å². The van der Waals surface area contributed by atoms with Gasteiger partial charge in [0.2, 0.25) is 0 Å². The molecular formula is C25H25Cl2N3O2. The molecule has 7 heteroatoms. The topological polar surface area (TPSA) is 68.0 Å². The summed E-state index contributed by atoms with van der Waals surface area (Å²) in [6.07, 6.45) is 1.52. The second kappa shape index (κ2) is 10.2. The molecule has 3 rings (SSSR count). The highest BCUT2D eigenvalue weighted by Gasteiger charge is 2.29. The highest BCUT2D eigenvalue weighted by Crippen LogP contribution is 2.40. The van der Waals surface area contributed by atoms with Crippen molar-refractivity contribution >= 4 is 23.2 Å². The number of rotatable bonds is 8. The van der Waals surface area contributed by atoms with Gasteiger partial charge < -0.3 is 9.47 Å². The van der Waals surface area contributed by atoms with E-state index in [4.69, 9.17) is 32.7 Å². The van der Waals surface area contributed by atoms with Crippen molar-refractivity contribution in [2.45, 2.75) is 39.2 Å². The van der Waals surface area contributed by atoms with Crippen LogP contribution in [0.15, 0.2) is 48.7 Å². The number of nitriles is 1. The molecule has 1 unspecified atom stereocenters. The van der Waals surface area contributed by atoms with E-state index in [2.05, 4.69) is 29.9 Å². The number of nitrogens with zero attached hydrogens (tertiary/aromatic N) is 3. The molecule has 5 nitrogen and oxygen atoms in total. The van der Waals surface area contributed by atoms with Gasteiger partial charge in [-0.3, -0.25) is 0 Å². The summed E-state index contributed by atoms with van der Waals surface area (Å²) in [5.74, 6) is 2.12. The van der Waals surface area contributed by atoms with Gasteiger partial charge in [-0.15, -0.1) is 11.6 Å². The van der Waals surface area contributed by atoms with Gasteiger partial charge in [-0.1, -0.05) is 43.6 Å². The maximum absolute atomic E-state index is 9.85. The van der Waals surface area contributed by atoms with E-state index in [0.717, 1.165) is 22.6 Å². The van der Waals surface area contributed by atoms with Gasteiger partial charge in [0.1, 0.15) is 30.4 Å². The number of aromatic nitrogens is 2. The van der Waals surface area contributed by atoms with E-state index < -0.39 is 5.41 Å². The van der Waals surface area contributed by atoms with Gasteiger partial charge in [0.25, 0.3) is 0 Å². The van der Waals surface area contributed by atoms with Gasteiger partial charge in [-0.2, -0.15) is 5.26 Å². The highest BCUT2D eigenvalue weighted by molar-refractivity contribution is 6.32. The molecule has 0 saturated heterocycles. The van der Waals surface area contributed by atoms with Crippen molar-refractivity contribution in [3.05, 3.63) is 81.9 Å². The van der Waals surface area contributed by atoms with Crippen molar-refractivity contribution in [3.8, 4) is 17.6 Å². The molecule has 0 amide bonds. The molecule has 0 N–H and O–H groups in total. The standard InChI is InChI=1S/C25H25Cl2N3O2/c1-16(23-11-13-29-17(2)30-23)32-19-7-5-18(6-8-19)25(3,4)21-9-10-22(27)24(20(21)15-28)31-14-12-26/h5-11,13,16H,12,14H2,1-4H3. The zero-order chi connectivity index (χ0) is 23.3. The SMILES string of the molecule is Cc1nccc(C(C)Oc2ccc(C(C)(C)c3ccc(Cl)c(OCCCl)c3C#N)cc2)n1. The largest absolute Gasteiger partial charge is 0.489 e. The quantitative estimate of drug-likeness (QED) is 0.357. The van der Waals surface area contributed by atoms with Crippen LogP contribution in [0.4, 0.5) is 0 Å². The minimum atomic E-state index is -0.470. The Labute approximate surface area is 198 Å². The van der Waals surface area contributed by atoms with Crippen LogP contribution in [0.3, 0.4) is 0 Å². The molecule has 3 aromatic rings. The molecule has 32 heavy (non-hydrogen) atoms. The summed E-state index contributed by atoms with van der Waals surface area (Å²) in [4.78, 5) is 8.55. The first-order chi connectivity index (χ1) is 15.3. The molecular weight excluding hydrogens is 445 g/mol. The molecule has 0 spiro atoms. The number of benzene rings is 2. The van der Waals surface area contributed by atoms with Crippen molar-refractivity contribution in [2.24, 2.45) is 0 Å². The van der Waals surface area contributed by atoms with Gasteiger partial charge in [-0.25, -0.2) is 9.97 Å². The number of halogens is 2. The second-order valence-corrected chi connectivity index (χ2v) is 8.67. The van der Waals surface area contributed by atoms with Gasteiger partial charge in [0.05, 0.1) is 22.2 Å². The Hall–Kier alpha value is -2.81. The lowest BCUT2D eigenvalue weighted by atomic mass is 9.76. The fourth-order valence-electron chi connectivity index (χ4n) is 3.54. The normalized spacial score (nSPS) is 12.2. The smallest absolute Gasteiger partial charge is 0.155 e. The average Bonchev–Trinajstić information content (AvgIpc) is 2.78. The molecule has 0 fully saturated rings. The Morgan fingerprint density at radius 2 is 1.84 bits per heavy atom. The molecule has 0 aliphatic rings. The zero-order valence-electron chi connectivity index (χ0n) is 18.5. The van der Waals surface area contributed by atoms with Crippen molar-refractivity contribution in [1.29, 1.82) is 5.26 Å². The molecule has 1 heterocycles. The molecule has 1 aromatic heterocycles. The highest BCUT2D eigenvalue weighted by atomic mass is 35.5. The molecule has 0 aliphatic heterocycles. The fraction of sp³-hybridized carbons (Fsp3) is 0.320. The number of hydrogen-bond donors (Lipinski definition) is 0. The van der Waals surface area contributed by atoms with Crippen LogP contribution in [0, 0.1) is 18.3 Å².